The van der Waals surface area contributed by atoms with E-state index < -0.39 is 0 Å². The minimum Gasteiger partial charge on any atom is -0.493 e. The van der Waals surface area contributed by atoms with Crippen molar-refractivity contribution in [1.29, 1.82) is 0 Å². The van der Waals surface area contributed by atoms with Gasteiger partial charge in [0.25, 0.3) is 0 Å². The van der Waals surface area contributed by atoms with Crippen molar-refractivity contribution < 1.29 is 19.4 Å². The highest BCUT2D eigenvalue weighted by atomic mass is 16.5. The largest absolute Gasteiger partial charge is 0.493 e. The molecule has 2 heterocycles. The van der Waals surface area contributed by atoms with Gasteiger partial charge >= 0.3 is 6.03 Å². The molecule has 2 aliphatic rings. The number of carbonyl (C=O) groups excluding carboxylic acids is 1. The number of amides is 2. The van der Waals surface area contributed by atoms with Gasteiger partial charge in [0, 0.05) is 13.1 Å². The van der Waals surface area contributed by atoms with Gasteiger partial charge in [0.1, 0.15) is 6.10 Å². The number of β-amino-alcohol motifs (C(OH)–C–C–N with tert-alkyl or cyclic N) is 1. The number of likely N-dealkylation sites (tertiary alicyclic amines) is 2. The Morgan fingerprint density at radius 3 is 2.77 bits per heavy atom. The molecule has 7 heteroatoms. The van der Waals surface area contributed by atoms with E-state index in [1.807, 2.05) is 24.3 Å². The molecule has 1 aromatic rings. The molecule has 0 spiro atoms. The molecule has 0 saturated carbocycles. The Morgan fingerprint density at radius 1 is 1.27 bits per heavy atom. The van der Waals surface area contributed by atoms with E-state index in [0.29, 0.717) is 31.1 Å². The normalized spacial score (nSPS) is 21.2. The van der Waals surface area contributed by atoms with Gasteiger partial charge in [-0.05, 0) is 44.5 Å². The highest BCUT2D eigenvalue weighted by Crippen LogP contribution is 2.28. The number of carbonyl (C=O) groups is 1. The van der Waals surface area contributed by atoms with Gasteiger partial charge in [0.05, 0.1) is 26.3 Å². The summed E-state index contributed by atoms with van der Waals surface area (Å²) in [5, 5.41) is 12.6. The summed E-state index contributed by atoms with van der Waals surface area (Å²) < 4.78 is 11.2. The van der Waals surface area contributed by atoms with Gasteiger partial charge in [0.15, 0.2) is 11.5 Å². The van der Waals surface area contributed by atoms with Crippen LogP contribution in [0.2, 0.25) is 0 Å². The van der Waals surface area contributed by atoms with E-state index in [9.17, 15) is 9.90 Å². The number of urea groups is 1. The molecule has 144 valence electrons. The molecule has 0 aromatic heterocycles. The van der Waals surface area contributed by atoms with E-state index in [2.05, 4.69) is 10.2 Å². The molecule has 1 atom stereocenters. The van der Waals surface area contributed by atoms with Crippen LogP contribution in [0.15, 0.2) is 24.3 Å². The molecule has 2 N–H and O–H groups in total. The third kappa shape index (κ3) is 5.02. The number of nitrogens with one attached hydrogen (secondary N) is 1. The minimum atomic E-state index is -0.195. The van der Waals surface area contributed by atoms with E-state index in [1.165, 1.54) is 0 Å². The number of piperidine rings is 1. The number of aliphatic hydroxyl groups is 1. The second kappa shape index (κ2) is 9.09. The lowest BCUT2D eigenvalue weighted by Crippen LogP contribution is -2.59. The third-order valence-electron chi connectivity index (χ3n) is 4.91. The Kier molecular flexibility index (Phi) is 6.57. The van der Waals surface area contributed by atoms with Crippen molar-refractivity contribution in [3.05, 3.63) is 24.3 Å². The number of aliphatic hydroxyl groups excluding tert-OH is 1. The average molecular weight is 363 g/mol. The number of benzene rings is 1. The van der Waals surface area contributed by atoms with Crippen LogP contribution in [0.4, 0.5) is 4.79 Å². The van der Waals surface area contributed by atoms with Crippen molar-refractivity contribution in [1.82, 2.24) is 15.1 Å². The van der Waals surface area contributed by atoms with Crippen LogP contribution in [0.5, 0.6) is 11.5 Å². The standard InChI is InChI=1S/C19H29N3O4/c1-25-17-7-2-3-8-18(17)26-16-13-22(14-16)19(24)20-9-5-11-21-10-4-6-15(23)12-21/h2-3,7-8,15-16,23H,4-6,9-14H2,1H3,(H,20,24). The number of methoxy groups -OCH3 is 1. The molecule has 3 rings (SSSR count). The lowest BCUT2D eigenvalue weighted by Gasteiger charge is -2.39. The fourth-order valence-electron chi connectivity index (χ4n) is 3.42. The highest BCUT2D eigenvalue weighted by molar-refractivity contribution is 5.75. The Bertz CT molecular complexity index is 592. The molecule has 1 unspecified atom stereocenters. The second-order valence-electron chi connectivity index (χ2n) is 6.98. The zero-order valence-electron chi connectivity index (χ0n) is 15.4. The first kappa shape index (κ1) is 18.8. The van der Waals surface area contributed by atoms with Crippen LogP contribution in [0.1, 0.15) is 19.3 Å². The van der Waals surface area contributed by atoms with Gasteiger partial charge in [-0.25, -0.2) is 4.79 Å². The van der Waals surface area contributed by atoms with Crippen LogP contribution in [-0.4, -0.2) is 79.5 Å². The van der Waals surface area contributed by atoms with Crippen molar-refractivity contribution in [3.8, 4) is 11.5 Å². The number of ether oxygens (including phenoxy) is 2. The Labute approximate surface area is 154 Å². The van der Waals surface area contributed by atoms with Gasteiger partial charge in [-0.15, -0.1) is 0 Å². The maximum atomic E-state index is 12.1. The van der Waals surface area contributed by atoms with E-state index in [-0.39, 0.29) is 18.2 Å². The first-order valence-corrected chi connectivity index (χ1v) is 9.38. The lowest BCUT2D eigenvalue weighted by atomic mass is 10.1. The van der Waals surface area contributed by atoms with Gasteiger partial charge in [-0.2, -0.15) is 0 Å². The molecule has 1 aromatic carbocycles. The van der Waals surface area contributed by atoms with Crippen LogP contribution >= 0.6 is 0 Å². The average Bonchev–Trinajstić information content (AvgIpc) is 2.61. The number of hydrogen-bond acceptors (Lipinski definition) is 5. The van der Waals surface area contributed by atoms with Crippen molar-refractivity contribution in [2.75, 3.05) is 46.4 Å². The van der Waals surface area contributed by atoms with E-state index in [0.717, 1.165) is 38.9 Å². The summed E-state index contributed by atoms with van der Waals surface area (Å²) in [6.45, 7) is 4.53. The fraction of sp³-hybridized carbons (Fsp3) is 0.632. The molecule has 2 amide bonds. The molecule has 2 aliphatic heterocycles. The Balaban J connectivity index is 1.30. The van der Waals surface area contributed by atoms with Gasteiger partial charge in [-0.1, -0.05) is 12.1 Å². The molecule has 2 fully saturated rings. The molecule has 0 radical (unpaired) electrons. The molecular weight excluding hydrogens is 334 g/mol. The van der Waals surface area contributed by atoms with Crippen LogP contribution in [0.25, 0.3) is 0 Å². The smallest absolute Gasteiger partial charge is 0.317 e. The number of para-hydroxylation sites is 2. The topological polar surface area (TPSA) is 74.3 Å². The predicted octanol–water partition coefficient (Wildman–Crippen LogP) is 1.31. The zero-order valence-corrected chi connectivity index (χ0v) is 15.4. The summed E-state index contributed by atoms with van der Waals surface area (Å²) in [6.07, 6.45) is 2.66. The van der Waals surface area contributed by atoms with Gasteiger partial charge in [0.2, 0.25) is 0 Å². The molecule has 7 nitrogen and oxygen atoms in total. The molecule has 2 saturated heterocycles. The van der Waals surface area contributed by atoms with Crippen LogP contribution in [0.3, 0.4) is 0 Å². The van der Waals surface area contributed by atoms with Crippen molar-refractivity contribution in [2.45, 2.75) is 31.5 Å². The second-order valence-corrected chi connectivity index (χ2v) is 6.98. The summed E-state index contributed by atoms with van der Waals surface area (Å²) in [7, 11) is 1.62. The quantitative estimate of drug-likeness (QED) is 0.715. The fourth-order valence-corrected chi connectivity index (χ4v) is 3.42. The van der Waals surface area contributed by atoms with Gasteiger partial charge in [-0.3, -0.25) is 0 Å². The van der Waals surface area contributed by atoms with Gasteiger partial charge < -0.3 is 29.7 Å². The zero-order chi connectivity index (χ0) is 18.4. The predicted molar refractivity (Wildman–Crippen MR) is 98.7 cm³/mol. The summed E-state index contributed by atoms with van der Waals surface area (Å²) in [6, 6.07) is 7.50. The van der Waals surface area contributed by atoms with Crippen LogP contribution in [0, 0.1) is 0 Å². The highest BCUT2D eigenvalue weighted by Gasteiger charge is 2.32. The molecule has 0 bridgehead atoms. The van der Waals surface area contributed by atoms with E-state index in [4.69, 9.17) is 9.47 Å². The Hall–Kier alpha value is -1.99. The van der Waals surface area contributed by atoms with E-state index in [1.54, 1.807) is 12.0 Å². The van der Waals surface area contributed by atoms with Crippen LogP contribution in [-0.2, 0) is 0 Å². The maximum Gasteiger partial charge on any atom is 0.317 e. The van der Waals surface area contributed by atoms with E-state index >= 15 is 0 Å². The molecule has 26 heavy (non-hydrogen) atoms. The molecule has 0 aliphatic carbocycles. The summed E-state index contributed by atoms with van der Waals surface area (Å²) in [5.41, 5.74) is 0. The number of rotatable bonds is 7. The van der Waals surface area contributed by atoms with Crippen molar-refractivity contribution in [3.63, 3.8) is 0 Å². The monoisotopic (exact) mass is 363 g/mol. The first-order valence-electron chi connectivity index (χ1n) is 9.38. The Morgan fingerprint density at radius 2 is 2.04 bits per heavy atom. The van der Waals surface area contributed by atoms with Crippen molar-refractivity contribution >= 4 is 6.03 Å². The lowest BCUT2D eigenvalue weighted by molar-refractivity contribution is 0.0424. The third-order valence-corrected chi connectivity index (χ3v) is 4.91. The SMILES string of the molecule is COc1ccccc1OC1CN(C(=O)NCCCN2CCCC(O)C2)C1. The summed E-state index contributed by atoms with van der Waals surface area (Å²) in [5.74, 6) is 1.42. The maximum absolute atomic E-state index is 12.1. The first-order chi connectivity index (χ1) is 12.7. The molecular formula is C19H29N3O4. The summed E-state index contributed by atoms with van der Waals surface area (Å²) in [4.78, 5) is 16.2. The van der Waals surface area contributed by atoms with Crippen LogP contribution < -0.4 is 14.8 Å². The minimum absolute atomic E-state index is 0.00638. The number of nitrogens with zero attached hydrogens (tertiary/aromatic N) is 2. The van der Waals surface area contributed by atoms with Crippen molar-refractivity contribution in [2.24, 2.45) is 0 Å². The number of hydrogen-bond donors (Lipinski definition) is 2. The summed E-state index contributed by atoms with van der Waals surface area (Å²) >= 11 is 0.